The van der Waals surface area contributed by atoms with Gasteiger partial charge in [-0.3, -0.25) is 4.90 Å². The summed E-state index contributed by atoms with van der Waals surface area (Å²) in [4.78, 5) is 13.7. The third-order valence-corrected chi connectivity index (χ3v) is 2.50. The van der Waals surface area contributed by atoms with Crippen molar-refractivity contribution >= 4 is 29.1 Å². The summed E-state index contributed by atoms with van der Waals surface area (Å²) in [5.74, 6) is 0. The summed E-state index contributed by atoms with van der Waals surface area (Å²) in [6, 6.07) is 5.06. The quantitative estimate of drug-likeness (QED) is 0.851. The summed E-state index contributed by atoms with van der Waals surface area (Å²) >= 11 is 5.97. The number of halogens is 1. The Hall–Kier alpha value is -1.42. The van der Waals surface area contributed by atoms with Gasteiger partial charge in [0.2, 0.25) is 0 Å². The van der Waals surface area contributed by atoms with Crippen molar-refractivity contribution in [1.82, 2.24) is 0 Å². The summed E-state index contributed by atoms with van der Waals surface area (Å²) in [6.45, 7) is 8.05. The number of ether oxygens (including phenoxy) is 1. The van der Waals surface area contributed by atoms with Crippen LogP contribution in [0.2, 0.25) is 5.02 Å². The third-order valence-electron chi connectivity index (χ3n) is 2.28. The van der Waals surface area contributed by atoms with Crippen LogP contribution in [0.15, 0.2) is 18.2 Å². The molecule has 0 spiro atoms. The maximum atomic E-state index is 12.2. The van der Waals surface area contributed by atoms with Crippen molar-refractivity contribution in [2.24, 2.45) is 0 Å². The number of nitrogen functional groups attached to an aromatic ring is 1. The molecule has 0 unspecified atom stereocenters. The average molecular weight is 285 g/mol. The van der Waals surface area contributed by atoms with Gasteiger partial charge in [-0.25, -0.2) is 4.79 Å². The SMILES string of the molecule is CCCN(C(=O)OC(C)(C)C)c1cc(N)cc(Cl)c1. The van der Waals surface area contributed by atoms with Crippen LogP contribution in [-0.4, -0.2) is 18.2 Å². The molecule has 1 aromatic rings. The fourth-order valence-electron chi connectivity index (χ4n) is 1.62. The molecule has 1 rings (SSSR count). The Morgan fingerprint density at radius 2 is 2.00 bits per heavy atom. The molecule has 0 aliphatic rings. The van der Waals surface area contributed by atoms with Gasteiger partial charge in [-0.2, -0.15) is 0 Å². The summed E-state index contributed by atoms with van der Waals surface area (Å²) in [5, 5.41) is 0.500. The van der Waals surface area contributed by atoms with Crippen molar-refractivity contribution in [3.05, 3.63) is 23.2 Å². The second kappa shape index (κ2) is 6.15. The predicted octanol–water partition coefficient (Wildman–Crippen LogP) is 4.07. The number of hydrogen-bond acceptors (Lipinski definition) is 3. The molecule has 1 aromatic carbocycles. The Balaban J connectivity index is 3.02. The van der Waals surface area contributed by atoms with Crippen LogP contribution >= 0.6 is 11.6 Å². The Bertz CT molecular complexity index is 435. The highest BCUT2D eigenvalue weighted by Crippen LogP contribution is 2.25. The van der Waals surface area contributed by atoms with Crippen molar-refractivity contribution < 1.29 is 9.53 Å². The van der Waals surface area contributed by atoms with E-state index in [1.165, 1.54) is 0 Å². The largest absolute Gasteiger partial charge is 0.443 e. The molecular weight excluding hydrogens is 264 g/mol. The van der Waals surface area contributed by atoms with Crippen molar-refractivity contribution in [2.45, 2.75) is 39.7 Å². The molecule has 19 heavy (non-hydrogen) atoms. The number of hydrogen-bond donors (Lipinski definition) is 1. The number of amides is 1. The van der Waals surface area contributed by atoms with E-state index in [1.807, 2.05) is 27.7 Å². The molecule has 0 fully saturated rings. The number of benzene rings is 1. The van der Waals surface area contributed by atoms with E-state index in [9.17, 15) is 4.79 Å². The minimum atomic E-state index is -0.535. The van der Waals surface area contributed by atoms with Gasteiger partial charge < -0.3 is 10.5 Å². The van der Waals surface area contributed by atoms with E-state index in [0.29, 0.717) is 22.9 Å². The minimum Gasteiger partial charge on any atom is -0.443 e. The summed E-state index contributed by atoms with van der Waals surface area (Å²) in [7, 11) is 0. The van der Waals surface area contributed by atoms with Gasteiger partial charge in [-0.15, -0.1) is 0 Å². The Morgan fingerprint density at radius 3 is 2.47 bits per heavy atom. The molecule has 0 aliphatic heterocycles. The first-order valence-electron chi connectivity index (χ1n) is 6.29. The Kier molecular flexibility index (Phi) is 5.06. The fraction of sp³-hybridized carbons (Fsp3) is 0.500. The van der Waals surface area contributed by atoms with E-state index in [2.05, 4.69) is 0 Å². The van der Waals surface area contributed by atoms with Crippen LogP contribution in [0.25, 0.3) is 0 Å². The zero-order valence-electron chi connectivity index (χ0n) is 11.9. The lowest BCUT2D eigenvalue weighted by molar-refractivity contribution is 0.0580. The number of rotatable bonds is 3. The van der Waals surface area contributed by atoms with E-state index in [1.54, 1.807) is 23.1 Å². The monoisotopic (exact) mass is 284 g/mol. The number of carbonyl (C=O) groups is 1. The molecule has 4 nitrogen and oxygen atoms in total. The molecule has 1 amide bonds. The van der Waals surface area contributed by atoms with E-state index >= 15 is 0 Å². The highest BCUT2D eigenvalue weighted by molar-refractivity contribution is 6.31. The average Bonchev–Trinajstić information content (AvgIpc) is 2.21. The van der Waals surface area contributed by atoms with Crippen LogP contribution in [0.4, 0.5) is 16.2 Å². The van der Waals surface area contributed by atoms with Crippen LogP contribution in [0.5, 0.6) is 0 Å². The standard InChI is InChI=1S/C14H21ClN2O2/c1-5-6-17(13(18)19-14(2,3)4)12-8-10(15)7-11(16)9-12/h7-9H,5-6,16H2,1-4H3. The fourth-order valence-corrected chi connectivity index (χ4v) is 1.86. The zero-order valence-corrected chi connectivity index (χ0v) is 12.6. The highest BCUT2D eigenvalue weighted by Gasteiger charge is 2.23. The van der Waals surface area contributed by atoms with Gasteiger partial charge in [0.25, 0.3) is 0 Å². The van der Waals surface area contributed by atoms with Crippen molar-refractivity contribution in [3.63, 3.8) is 0 Å². The number of nitrogens with two attached hydrogens (primary N) is 1. The lowest BCUT2D eigenvalue weighted by Gasteiger charge is -2.27. The lowest BCUT2D eigenvalue weighted by atomic mass is 10.2. The molecular formula is C14H21ClN2O2. The summed E-state index contributed by atoms with van der Waals surface area (Å²) in [5.41, 5.74) is 6.40. The molecule has 0 atom stereocenters. The van der Waals surface area contributed by atoms with E-state index in [0.717, 1.165) is 6.42 Å². The maximum absolute atomic E-state index is 12.2. The molecule has 5 heteroatoms. The Labute approximate surface area is 119 Å². The normalized spacial score (nSPS) is 11.2. The molecule has 0 aromatic heterocycles. The minimum absolute atomic E-state index is 0.393. The first kappa shape index (κ1) is 15.6. The van der Waals surface area contributed by atoms with Gasteiger partial charge in [-0.05, 0) is 45.4 Å². The van der Waals surface area contributed by atoms with Crippen molar-refractivity contribution in [2.75, 3.05) is 17.2 Å². The third kappa shape index (κ3) is 4.99. The molecule has 0 saturated carbocycles. The Morgan fingerprint density at radius 1 is 1.37 bits per heavy atom. The maximum Gasteiger partial charge on any atom is 0.414 e. The summed E-state index contributed by atoms with van der Waals surface area (Å²) in [6.07, 6.45) is 0.419. The highest BCUT2D eigenvalue weighted by atomic mass is 35.5. The van der Waals surface area contributed by atoms with Crippen LogP contribution in [0.1, 0.15) is 34.1 Å². The van der Waals surface area contributed by atoms with Crippen molar-refractivity contribution in [3.8, 4) is 0 Å². The predicted molar refractivity (Wildman–Crippen MR) is 79.7 cm³/mol. The second-order valence-corrected chi connectivity index (χ2v) is 5.81. The molecule has 106 valence electrons. The first-order valence-corrected chi connectivity index (χ1v) is 6.67. The van der Waals surface area contributed by atoms with Crippen molar-refractivity contribution in [1.29, 1.82) is 0 Å². The van der Waals surface area contributed by atoms with Crippen LogP contribution < -0.4 is 10.6 Å². The van der Waals surface area contributed by atoms with E-state index in [-0.39, 0.29) is 0 Å². The number of nitrogens with zero attached hydrogens (tertiary/aromatic N) is 1. The van der Waals surface area contributed by atoms with Gasteiger partial charge in [0.05, 0.1) is 5.69 Å². The molecule has 0 radical (unpaired) electrons. The van der Waals surface area contributed by atoms with E-state index in [4.69, 9.17) is 22.1 Å². The van der Waals surface area contributed by atoms with Crippen LogP contribution in [0.3, 0.4) is 0 Å². The molecule has 2 N–H and O–H groups in total. The lowest BCUT2D eigenvalue weighted by Crippen LogP contribution is -2.37. The number of carbonyl (C=O) groups excluding carboxylic acids is 1. The van der Waals surface area contributed by atoms with Gasteiger partial charge in [0.15, 0.2) is 0 Å². The second-order valence-electron chi connectivity index (χ2n) is 5.37. The number of anilines is 2. The van der Waals surface area contributed by atoms with Crippen LogP contribution in [0, 0.1) is 0 Å². The van der Waals surface area contributed by atoms with Crippen LogP contribution in [-0.2, 0) is 4.74 Å². The molecule has 0 aliphatic carbocycles. The molecule has 0 saturated heterocycles. The van der Waals surface area contributed by atoms with Gasteiger partial charge in [-0.1, -0.05) is 18.5 Å². The van der Waals surface area contributed by atoms with Gasteiger partial charge in [0, 0.05) is 17.3 Å². The first-order chi connectivity index (χ1) is 8.73. The summed E-state index contributed by atoms with van der Waals surface area (Å²) < 4.78 is 5.39. The van der Waals surface area contributed by atoms with Gasteiger partial charge >= 0.3 is 6.09 Å². The topological polar surface area (TPSA) is 55.6 Å². The van der Waals surface area contributed by atoms with E-state index < -0.39 is 11.7 Å². The van der Waals surface area contributed by atoms with Gasteiger partial charge in [0.1, 0.15) is 5.60 Å². The molecule has 0 bridgehead atoms. The zero-order chi connectivity index (χ0) is 14.6. The smallest absolute Gasteiger partial charge is 0.414 e. The molecule has 0 heterocycles.